The van der Waals surface area contributed by atoms with Gasteiger partial charge in [-0.05, 0) is 59.4 Å². The van der Waals surface area contributed by atoms with Crippen LogP contribution in [0, 0.1) is 5.92 Å². The van der Waals surface area contributed by atoms with Gasteiger partial charge in [-0.3, -0.25) is 0 Å². The third kappa shape index (κ3) is 4.30. The summed E-state index contributed by atoms with van der Waals surface area (Å²) in [5.41, 5.74) is 4.34. The van der Waals surface area contributed by atoms with Gasteiger partial charge in [0, 0.05) is 28.4 Å². The molecule has 4 rings (SSSR count). The Morgan fingerprint density at radius 2 is 1.47 bits per heavy atom. The van der Waals surface area contributed by atoms with Gasteiger partial charge in [-0.25, -0.2) is 13.9 Å². The Labute approximate surface area is 186 Å². The van der Waals surface area contributed by atoms with Crippen molar-refractivity contribution >= 4 is 28.8 Å². The summed E-state index contributed by atoms with van der Waals surface area (Å²) in [5.74, 6) is 0.493. The van der Waals surface area contributed by atoms with E-state index in [-0.39, 0.29) is 13.1 Å². The Bertz CT molecular complexity index is 1210. The lowest BCUT2D eigenvalue weighted by atomic mass is 9.96. The third-order valence-corrected chi connectivity index (χ3v) is 5.46. The van der Waals surface area contributed by atoms with Crippen LogP contribution in [0.15, 0.2) is 65.6 Å². The van der Waals surface area contributed by atoms with E-state index in [9.17, 15) is 4.79 Å². The minimum Gasteiger partial charge on any atom is -0.250 e. The summed E-state index contributed by atoms with van der Waals surface area (Å²) in [7, 11) is 0. The van der Waals surface area contributed by atoms with Crippen LogP contribution in [0.25, 0.3) is 27.9 Å². The van der Waals surface area contributed by atoms with E-state index in [2.05, 4.69) is 13.8 Å². The summed E-state index contributed by atoms with van der Waals surface area (Å²) >= 11 is 12.2. The van der Waals surface area contributed by atoms with Crippen LogP contribution in [-0.2, 0) is 6.54 Å². The minimum absolute atomic E-state index is 0. The molecule has 0 amide bonds. The molecule has 0 spiro atoms. The molecule has 2 aromatic carbocycles. The number of fused-ring (bicyclic) bond motifs is 1. The largest absolute Gasteiger partial charge is 0.350 e. The molecule has 156 valence electrons. The van der Waals surface area contributed by atoms with E-state index in [1.807, 2.05) is 54.6 Å². The maximum absolute atomic E-state index is 12.9. The maximum atomic E-state index is 12.9. The van der Waals surface area contributed by atoms with Crippen molar-refractivity contribution in [2.75, 3.05) is 0 Å². The lowest BCUT2D eigenvalue weighted by molar-refractivity contribution is 0.478. The van der Waals surface area contributed by atoms with Crippen LogP contribution in [0.4, 0.5) is 0 Å². The lowest BCUT2D eigenvalue weighted by Gasteiger charge is -2.11. The van der Waals surface area contributed by atoms with Gasteiger partial charge in [-0.15, -0.1) is 5.10 Å². The highest BCUT2D eigenvalue weighted by atomic mass is 35.5. The summed E-state index contributed by atoms with van der Waals surface area (Å²) in [6.07, 6.45) is 2.68. The van der Waals surface area contributed by atoms with Gasteiger partial charge in [0.2, 0.25) is 0 Å². The Morgan fingerprint density at radius 3 is 2.03 bits per heavy atom. The molecule has 0 bridgehead atoms. The van der Waals surface area contributed by atoms with Crippen LogP contribution >= 0.6 is 23.2 Å². The second kappa shape index (κ2) is 9.07. The van der Waals surface area contributed by atoms with Crippen LogP contribution in [0.1, 0.15) is 27.7 Å². The summed E-state index contributed by atoms with van der Waals surface area (Å²) in [5, 5.41) is 6.03. The topological polar surface area (TPSA) is 39.3 Å². The van der Waals surface area contributed by atoms with Crippen molar-refractivity contribution in [2.24, 2.45) is 5.92 Å². The summed E-state index contributed by atoms with van der Waals surface area (Å²) in [6, 6.07) is 17.2. The molecule has 0 saturated carbocycles. The molecule has 0 aliphatic rings. The number of nitrogens with zero attached hydrogens (tertiary/aromatic N) is 3. The molecule has 2 heterocycles. The fourth-order valence-electron chi connectivity index (χ4n) is 3.38. The Balaban J connectivity index is 0.00000256. The highest BCUT2D eigenvalue weighted by Gasteiger charge is 2.17. The van der Waals surface area contributed by atoms with Crippen LogP contribution in [0.5, 0.6) is 0 Å². The second-order valence-corrected chi connectivity index (χ2v) is 8.37. The molecular formula is C24H25Cl2N3O. The van der Waals surface area contributed by atoms with Crippen molar-refractivity contribution in [3.8, 4) is 22.3 Å². The third-order valence-electron chi connectivity index (χ3n) is 4.96. The van der Waals surface area contributed by atoms with E-state index in [4.69, 9.17) is 28.3 Å². The first-order valence-electron chi connectivity index (χ1n) is 9.58. The van der Waals surface area contributed by atoms with Crippen molar-refractivity contribution in [2.45, 2.75) is 34.2 Å². The van der Waals surface area contributed by atoms with Crippen molar-refractivity contribution in [3.63, 3.8) is 0 Å². The van der Waals surface area contributed by atoms with Gasteiger partial charge in [0.25, 0.3) is 0 Å². The monoisotopic (exact) mass is 441 g/mol. The SMILES string of the molecule is C.CC(C)CCn1nc2c(-c3ccc(Cl)cc3)c(-c3ccc(Cl)cc3)ccn2c1=O. The Kier molecular flexibility index (Phi) is 6.69. The first-order valence-corrected chi connectivity index (χ1v) is 10.3. The molecule has 0 unspecified atom stereocenters. The average molecular weight is 442 g/mol. The number of aromatic nitrogens is 3. The molecular weight excluding hydrogens is 417 g/mol. The number of aryl methyl sites for hydroxylation is 1. The molecule has 0 saturated heterocycles. The highest BCUT2D eigenvalue weighted by Crippen LogP contribution is 2.35. The summed E-state index contributed by atoms with van der Waals surface area (Å²) in [6.45, 7) is 4.87. The normalized spacial score (nSPS) is 11.1. The van der Waals surface area contributed by atoms with E-state index in [1.165, 1.54) is 0 Å². The standard InChI is InChI=1S/C23H21Cl2N3O.CH4/c1-15(2)11-14-28-23(29)27-13-12-20(16-3-7-18(24)8-4-16)21(22(27)26-28)17-5-9-19(25)10-6-17;/h3-10,12-13,15H,11,14H2,1-2H3;1H4. The molecule has 4 aromatic rings. The zero-order chi connectivity index (χ0) is 20.5. The molecule has 0 N–H and O–H groups in total. The predicted molar refractivity (Wildman–Crippen MR) is 127 cm³/mol. The van der Waals surface area contributed by atoms with Gasteiger partial charge in [0.1, 0.15) is 0 Å². The van der Waals surface area contributed by atoms with Gasteiger partial charge in [-0.1, -0.05) is 68.7 Å². The van der Waals surface area contributed by atoms with Gasteiger partial charge >= 0.3 is 5.69 Å². The fraction of sp³-hybridized carbons (Fsp3) is 0.250. The highest BCUT2D eigenvalue weighted by molar-refractivity contribution is 6.31. The van der Waals surface area contributed by atoms with E-state index in [0.717, 1.165) is 28.7 Å². The van der Waals surface area contributed by atoms with Crippen molar-refractivity contribution < 1.29 is 0 Å². The van der Waals surface area contributed by atoms with Crippen molar-refractivity contribution in [1.82, 2.24) is 14.2 Å². The summed E-state index contributed by atoms with van der Waals surface area (Å²) < 4.78 is 3.17. The molecule has 0 radical (unpaired) electrons. The molecule has 0 aliphatic carbocycles. The van der Waals surface area contributed by atoms with E-state index in [0.29, 0.717) is 28.2 Å². The van der Waals surface area contributed by atoms with Gasteiger partial charge in [0.15, 0.2) is 5.65 Å². The number of rotatable bonds is 5. The quantitative estimate of drug-likeness (QED) is 0.340. The van der Waals surface area contributed by atoms with Crippen LogP contribution < -0.4 is 5.69 Å². The van der Waals surface area contributed by atoms with Crippen LogP contribution in [0.3, 0.4) is 0 Å². The zero-order valence-corrected chi connectivity index (χ0v) is 17.8. The Morgan fingerprint density at radius 1 is 0.900 bits per heavy atom. The molecule has 30 heavy (non-hydrogen) atoms. The van der Waals surface area contributed by atoms with Crippen molar-refractivity contribution in [3.05, 3.63) is 81.3 Å². The predicted octanol–water partition coefficient (Wildman–Crippen LogP) is 6.82. The molecule has 0 atom stereocenters. The lowest BCUT2D eigenvalue weighted by Crippen LogP contribution is -2.21. The van der Waals surface area contributed by atoms with Crippen molar-refractivity contribution in [1.29, 1.82) is 0 Å². The smallest absolute Gasteiger partial charge is 0.250 e. The van der Waals surface area contributed by atoms with Crippen LogP contribution in [-0.4, -0.2) is 14.2 Å². The average Bonchev–Trinajstić information content (AvgIpc) is 3.03. The van der Waals surface area contributed by atoms with E-state index >= 15 is 0 Å². The van der Waals surface area contributed by atoms with E-state index < -0.39 is 0 Å². The first-order chi connectivity index (χ1) is 13.9. The van der Waals surface area contributed by atoms with E-state index in [1.54, 1.807) is 15.3 Å². The maximum Gasteiger partial charge on any atom is 0.350 e. The van der Waals surface area contributed by atoms with Gasteiger partial charge in [0.05, 0.1) is 0 Å². The second-order valence-electron chi connectivity index (χ2n) is 7.50. The Hall–Kier alpha value is -2.56. The number of hydrogen-bond acceptors (Lipinski definition) is 2. The fourth-order valence-corrected chi connectivity index (χ4v) is 3.63. The molecule has 0 fully saturated rings. The number of halogens is 2. The number of hydrogen-bond donors (Lipinski definition) is 0. The molecule has 6 heteroatoms. The number of pyridine rings is 1. The molecule has 2 aromatic heterocycles. The molecule has 4 nitrogen and oxygen atoms in total. The minimum atomic E-state index is -0.126. The first kappa shape index (κ1) is 22.1. The molecule has 0 aliphatic heterocycles. The summed E-state index contributed by atoms with van der Waals surface area (Å²) in [4.78, 5) is 12.9. The van der Waals surface area contributed by atoms with Crippen LogP contribution in [0.2, 0.25) is 10.0 Å². The van der Waals surface area contributed by atoms with Gasteiger partial charge < -0.3 is 0 Å². The zero-order valence-electron chi connectivity index (χ0n) is 16.3. The number of benzene rings is 2. The van der Waals surface area contributed by atoms with Gasteiger partial charge in [-0.2, -0.15) is 0 Å².